The Labute approximate surface area is 145 Å². The van der Waals surface area contributed by atoms with Crippen LogP contribution in [0.2, 0.25) is 0 Å². The summed E-state index contributed by atoms with van der Waals surface area (Å²) in [6, 6.07) is 4.98. The number of nitrogens with one attached hydrogen (secondary N) is 3. The zero-order chi connectivity index (χ0) is 16.8. The Morgan fingerprint density at radius 1 is 1.25 bits per heavy atom. The third kappa shape index (κ3) is 5.71. The third-order valence-electron chi connectivity index (χ3n) is 3.29. The summed E-state index contributed by atoms with van der Waals surface area (Å²) in [5.74, 6) is -0.632. The highest BCUT2D eigenvalue weighted by Gasteiger charge is 2.25. The Hall–Kier alpha value is -2.32. The monoisotopic (exact) mass is 356 g/mol. The highest BCUT2D eigenvalue weighted by molar-refractivity contribution is 6.05. The van der Waals surface area contributed by atoms with Gasteiger partial charge in [-0.3, -0.25) is 14.4 Å². The molecule has 1 saturated carbocycles. The first kappa shape index (κ1) is 19.7. The highest BCUT2D eigenvalue weighted by atomic mass is 35.5. The van der Waals surface area contributed by atoms with Gasteiger partial charge in [-0.2, -0.15) is 0 Å². The highest BCUT2D eigenvalue weighted by Crippen LogP contribution is 2.24. The van der Waals surface area contributed by atoms with Gasteiger partial charge in [-0.05, 0) is 31.0 Å². The molecular formula is C15H21ClN4O4. The molecular weight excluding hydrogens is 336 g/mol. The minimum atomic E-state index is -0.447. The minimum absolute atomic E-state index is 0. The van der Waals surface area contributed by atoms with E-state index in [1.807, 2.05) is 0 Å². The van der Waals surface area contributed by atoms with Gasteiger partial charge in [-0.25, -0.2) is 0 Å². The van der Waals surface area contributed by atoms with E-state index in [-0.39, 0.29) is 37.4 Å². The molecule has 0 heterocycles. The molecule has 1 aliphatic rings. The van der Waals surface area contributed by atoms with Crippen molar-refractivity contribution in [3.63, 3.8) is 0 Å². The fourth-order valence-electron chi connectivity index (χ4n) is 1.88. The lowest BCUT2D eigenvalue weighted by Crippen LogP contribution is -2.37. The van der Waals surface area contributed by atoms with E-state index in [1.165, 1.54) is 7.11 Å². The molecule has 8 nitrogen and oxygen atoms in total. The van der Waals surface area contributed by atoms with E-state index >= 15 is 0 Å². The maximum Gasteiger partial charge on any atom is 0.253 e. The fraction of sp³-hybridized carbons (Fsp3) is 0.400. The predicted molar refractivity (Wildman–Crippen MR) is 91.4 cm³/mol. The molecule has 0 unspecified atom stereocenters. The molecule has 0 saturated heterocycles. The zero-order valence-electron chi connectivity index (χ0n) is 13.3. The maximum atomic E-state index is 12.3. The average molecular weight is 357 g/mol. The van der Waals surface area contributed by atoms with Crippen molar-refractivity contribution in [2.45, 2.75) is 18.9 Å². The molecule has 0 spiro atoms. The van der Waals surface area contributed by atoms with Gasteiger partial charge in [0.25, 0.3) is 5.91 Å². The van der Waals surface area contributed by atoms with Gasteiger partial charge < -0.3 is 26.4 Å². The van der Waals surface area contributed by atoms with Gasteiger partial charge >= 0.3 is 0 Å². The maximum absolute atomic E-state index is 12.3. The number of anilines is 1. The molecule has 3 amide bonds. The summed E-state index contributed by atoms with van der Waals surface area (Å²) >= 11 is 0. The van der Waals surface area contributed by atoms with E-state index in [1.54, 1.807) is 18.2 Å². The number of halogens is 1. The number of hydrogen-bond donors (Lipinski definition) is 4. The van der Waals surface area contributed by atoms with E-state index in [2.05, 4.69) is 16.0 Å². The number of nitrogens with two attached hydrogens (primary N) is 1. The van der Waals surface area contributed by atoms with E-state index < -0.39 is 11.8 Å². The van der Waals surface area contributed by atoms with Gasteiger partial charge in [0.15, 0.2) is 0 Å². The van der Waals surface area contributed by atoms with Crippen LogP contribution in [0.25, 0.3) is 0 Å². The lowest BCUT2D eigenvalue weighted by molar-refractivity contribution is -0.123. The van der Waals surface area contributed by atoms with Crippen molar-refractivity contribution in [3.05, 3.63) is 23.8 Å². The summed E-state index contributed by atoms with van der Waals surface area (Å²) in [7, 11) is 1.50. The first-order valence-electron chi connectivity index (χ1n) is 7.29. The second kappa shape index (κ2) is 9.09. The average Bonchev–Trinajstić information content (AvgIpc) is 3.36. The molecule has 0 aromatic heterocycles. The van der Waals surface area contributed by atoms with Crippen molar-refractivity contribution in [2.75, 3.05) is 25.5 Å². The number of methoxy groups -OCH3 is 1. The number of hydrogen-bond acceptors (Lipinski definition) is 5. The van der Waals surface area contributed by atoms with Crippen molar-refractivity contribution in [1.29, 1.82) is 0 Å². The van der Waals surface area contributed by atoms with Crippen LogP contribution >= 0.6 is 12.4 Å². The molecule has 132 valence electrons. The minimum Gasteiger partial charge on any atom is -0.497 e. The van der Waals surface area contributed by atoms with Gasteiger partial charge in [0, 0.05) is 6.04 Å². The summed E-state index contributed by atoms with van der Waals surface area (Å²) in [6.07, 6.45) is 1.92. The predicted octanol–water partition coefficient (Wildman–Crippen LogP) is 0.0226. The number of benzene rings is 1. The summed E-state index contributed by atoms with van der Waals surface area (Å²) in [4.78, 5) is 35.2. The van der Waals surface area contributed by atoms with Crippen LogP contribution in [-0.2, 0) is 9.59 Å². The molecule has 0 radical (unpaired) electrons. The summed E-state index contributed by atoms with van der Waals surface area (Å²) in [6.45, 7) is -0.406. The van der Waals surface area contributed by atoms with E-state index in [0.717, 1.165) is 12.8 Å². The van der Waals surface area contributed by atoms with E-state index in [0.29, 0.717) is 17.0 Å². The zero-order valence-corrected chi connectivity index (χ0v) is 14.1. The molecule has 9 heteroatoms. The van der Waals surface area contributed by atoms with Crippen molar-refractivity contribution < 1.29 is 19.1 Å². The van der Waals surface area contributed by atoms with E-state index in [4.69, 9.17) is 10.5 Å². The van der Waals surface area contributed by atoms with Crippen LogP contribution in [0.5, 0.6) is 5.75 Å². The second-order valence-electron chi connectivity index (χ2n) is 5.19. The molecule has 1 aromatic carbocycles. The molecule has 5 N–H and O–H groups in total. The third-order valence-corrected chi connectivity index (χ3v) is 3.29. The van der Waals surface area contributed by atoms with Gasteiger partial charge in [0.1, 0.15) is 5.75 Å². The van der Waals surface area contributed by atoms with Crippen molar-refractivity contribution in [3.8, 4) is 5.75 Å². The normalized spacial score (nSPS) is 12.6. The largest absolute Gasteiger partial charge is 0.497 e. The molecule has 24 heavy (non-hydrogen) atoms. The number of amides is 3. The standard InChI is InChI=1S/C15H20N4O4.ClH/c1-23-10-4-5-12(19-14(21)8-17-13(20)7-16)11(6-10)15(22)18-9-2-3-9;/h4-6,9H,2-3,7-8,16H2,1H3,(H,17,20)(H,18,22)(H,19,21);1H. The Morgan fingerprint density at radius 2 is 1.96 bits per heavy atom. The molecule has 1 aliphatic carbocycles. The molecule has 0 aliphatic heterocycles. The van der Waals surface area contributed by atoms with Crippen LogP contribution in [0.3, 0.4) is 0 Å². The first-order valence-corrected chi connectivity index (χ1v) is 7.29. The van der Waals surface area contributed by atoms with Crippen molar-refractivity contribution >= 4 is 35.8 Å². The molecule has 0 bridgehead atoms. The van der Waals surface area contributed by atoms with Gasteiger partial charge in [0.2, 0.25) is 11.8 Å². The van der Waals surface area contributed by atoms with E-state index in [9.17, 15) is 14.4 Å². The first-order chi connectivity index (χ1) is 11.0. The van der Waals surface area contributed by atoms with Crippen molar-refractivity contribution in [1.82, 2.24) is 10.6 Å². The number of carbonyl (C=O) groups excluding carboxylic acids is 3. The molecule has 1 fully saturated rings. The lowest BCUT2D eigenvalue weighted by atomic mass is 10.1. The van der Waals surface area contributed by atoms with Crippen LogP contribution < -0.4 is 26.4 Å². The van der Waals surface area contributed by atoms with Crippen LogP contribution in [0, 0.1) is 0 Å². The Morgan fingerprint density at radius 3 is 2.54 bits per heavy atom. The Bertz CT molecular complexity index is 619. The van der Waals surface area contributed by atoms with Crippen LogP contribution in [0.15, 0.2) is 18.2 Å². The van der Waals surface area contributed by atoms with Crippen LogP contribution in [0.4, 0.5) is 5.69 Å². The molecule has 1 aromatic rings. The van der Waals surface area contributed by atoms with Crippen molar-refractivity contribution in [2.24, 2.45) is 5.73 Å². The molecule has 0 atom stereocenters. The van der Waals surface area contributed by atoms with Crippen LogP contribution in [0.1, 0.15) is 23.2 Å². The number of ether oxygens (including phenoxy) is 1. The summed E-state index contributed by atoms with van der Waals surface area (Å²) in [5.41, 5.74) is 5.82. The van der Waals surface area contributed by atoms with Gasteiger partial charge in [-0.15, -0.1) is 12.4 Å². The molecule has 2 rings (SSSR count). The van der Waals surface area contributed by atoms with Crippen LogP contribution in [-0.4, -0.2) is 44.0 Å². The smallest absolute Gasteiger partial charge is 0.253 e. The Kier molecular flexibility index (Phi) is 7.47. The SMILES string of the molecule is COc1ccc(NC(=O)CNC(=O)CN)c(C(=O)NC2CC2)c1.Cl. The Balaban J connectivity index is 0.00000288. The second-order valence-corrected chi connectivity index (χ2v) is 5.19. The fourth-order valence-corrected chi connectivity index (χ4v) is 1.88. The number of carbonyl (C=O) groups is 3. The van der Waals surface area contributed by atoms with Gasteiger partial charge in [-0.1, -0.05) is 0 Å². The lowest BCUT2D eigenvalue weighted by Gasteiger charge is -2.13. The number of rotatable bonds is 7. The topological polar surface area (TPSA) is 123 Å². The summed E-state index contributed by atoms with van der Waals surface area (Å²) < 4.78 is 5.12. The van der Waals surface area contributed by atoms with Gasteiger partial charge in [0.05, 0.1) is 31.5 Å². The quantitative estimate of drug-likeness (QED) is 0.548. The summed E-state index contributed by atoms with van der Waals surface area (Å²) in [5, 5.41) is 7.83.